The molecule has 1 aliphatic heterocycles. The first-order valence-electron chi connectivity index (χ1n) is 7.28. The van der Waals surface area contributed by atoms with Crippen LogP contribution in [0.15, 0.2) is 24.3 Å². The Morgan fingerprint density at radius 1 is 1.32 bits per heavy atom. The van der Waals surface area contributed by atoms with Crippen molar-refractivity contribution in [1.82, 2.24) is 4.90 Å². The minimum Gasteiger partial charge on any atom is -0.497 e. The van der Waals surface area contributed by atoms with Crippen molar-refractivity contribution in [3.8, 4) is 5.75 Å². The second-order valence-corrected chi connectivity index (χ2v) is 5.99. The van der Waals surface area contributed by atoms with Gasteiger partial charge in [-0.3, -0.25) is 4.90 Å². The Labute approximate surface area is 115 Å². The van der Waals surface area contributed by atoms with Gasteiger partial charge in [0.25, 0.3) is 0 Å². The number of hydrogen-bond donors (Lipinski definition) is 1. The van der Waals surface area contributed by atoms with Gasteiger partial charge >= 0.3 is 0 Å². The standard InChI is InChI=1S/C16H23NO2/c1-19-15-5-3-13(4-6-15)12-17-10-7-14(18)11-16(17)8-2-9-16/h3-6,14,18H,2,7-12H2,1H3. The van der Waals surface area contributed by atoms with Crippen LogP contribution >= 0.6 is 0 Å². The number of nitrogens with zero attached hydrogens (tertiary/aromatic N) is 1. The van der Waals surface area contributed by atoms with E-state index in [1.54, 1.807) is 7.11 Å². The summed E-state index contributed by atoms with van der Waals surface area (Å²) < 4.78 is 5.20. The maximum absolute atomic E-state index is 9.92. The van der Waals surface area contributed by atoms with E-state index in [0.717, 1.165) is 31.7 Å². The molecule has 19 heavy (non-hydrogen) atoms. The van der Waals surface area contributed by atoms with E-state index < -0.39 is 0 Å². The van der Waals surface area contributed by atoms with Crippen molar-refractivity contribution in [3.63, 3.8) is 0 Å². The third kappa shape index (κ3) is 2.49. The van der Waals surface area contributed by atoms with Crippen molar-refractivity contribution in [2.75, 3.05) is 13.7 Å². The number of piperidine rings is 1. The zero-order valence-electron chi connectivity index (χ0n) is 11.6. The van der Waals surface area contributed by atoms with Crippen LogP contribution in [0, 0.1) is 0 Å². The molecule has 2 fully saturated rings. The van der Waals surface area contributed by atoms with E-state index in [-0.39, 0.29) is 11.6 Å². The van der Waals surface area contributed by atoms with Crippen molar-refractivity contribution in [1.29, 1.82) is 0 Å². The highest BCUT2D eigenvalue weighted by Gasteiger charge is 2.45. The zero-order chi connectivity index (χ0) is 13.3. The maximum atomic E-state index is 9.92. The predicted octanol–water partition coefficient (Wildman–Crippen LogP) is 2.57. The number of benzene rings is 1. The first kappa shape index (κ1) is 12.9. The summed E-state index contributed by atoms with van der Waals surface area (Å²) in [6.07, 6.45) is 5.60. The van der Waals surface area contributed by atoms with Gasteiger partial charge in [0.15, 0.2) is 0 Å². The van der Waals surface area contributed by atoms with E-state index in [0.29, 0.717) is 0 Å². The van der Waals surface area contributed by atoms with Crippen molar-refractivity contribution >= 4 is 0 Å². The molecule has 3 heteroatoms. The molecule has 1 spiro atoms. The molecular formula is C16H23NO2. The molecule has 1 aliphatic carbocycles. The van der Waals surface area contributed by atoms with Gasteiger partial charge in [-0.25, -0.2) is 0 Å². The summed E-state index contributed by atoms with van der Waals surface area (Å²) in [5.74, 6) is 0.913. The van der Waals surface area contributed by atoms with Crippen molar-refractivity contribution in [2.45, 2.75) is 50.3 Å². The number of methoxy groups -OCH3 is 1. The number of rotatable bonds is 3. The summed E-state index contributed by atoms with van der Waals surface area (Å²) in [4.78, 5) is 2.59. The first-order chi connectivity index (χ1) is 9.22. The van der Waals surface area contributed by atoms with Crippen LogP contribution in [-0.4, -0.2) is 35.3 Å². The number of hydrogen-bond acceptors (Lipinski definition) is 3. The molecule has 1 unspecified atom stereocenters. The van der Waals surface area contributed by atoms with Gasteiger partial charge < -0.3 is 9.84 Å². The summed E-state index contributed by atoms with van der Waals surface area (Å²) in [7, 11) is 1.70. The van der Waals surface area contributed by atoms with E-state index in [2.05, 4.69) is 17.0 Å². The smallest absolute Gasteiger partial charge is 0.118 e. The average molecular weight is 261 g/mol. The fourth-order valence-corrected chi connectivity index (χ4v) is 3.52. The Morgan fingerprint density at radius 2 is 2.05 bits per heavy atom. The number of ether oxygens (including phenoxy) is 1. The molecule has 1 atom stereocenters. The van der Waals surface area contributed by atoms with Gasteiger partial charge in [0, 0.05) is 18.6 Å². The first-order valence-corrected chi connectivity index (χ1v) is 7.28. The van der Waals surface area contributed by atoms with Gasteiger partial charge in [0.2, 0.25) is 0 Å². The molecule has 1 saturated heterocycles. The third-order valence-corrected chi connectivity index (χ3v) is 4.84. The maximum Gasteiger partial charge on any atom is 0.118 e. The highest BCUT2D eigenvalue weighted by atomic mass is 16.5. The fourth-order valence-electron chi connectivity index (χ4n) is 3.52. The highest BCUT2D eigenvalue weighted by molar-refractivity contribution is 5.27. The zero-order valence-corrected chi connectivity index (χ0v) is 11.6. The number of likely N-dealkylation sites (tertiary alicyclic amines) is 1. The molecule has 0 aromatic heterocycles. The summed E-state index contributed by atoms with van der Waals surface area (Å²) in [5, 5.41) is 9.92. The largest absolute Gasteiger partial charge is 0.497 e. The number of aliphatic hydroxyl groups excluding tert-OH is 1. The van der Waals surface area contributed by atoms with Gasteiger partial charge in [0.05, 0.1) is 13.2 Å². The Hall–Kier alpha value is -1.06. The van der Waals surface area contributed by atoms with Crippen molar-refractivity contribution in [3.05, 3.63) is 29.8 Å². The van der Waals surface area contributed by atoms with Crippen LogP contribution in [0.3, 0.4) is 0 Å². The minimum absolute atomic E-state index is 0.0904. The SMILES string of the molecule is COc1ccc(CN2CCC(O)CC23CCC3)cc1. The molecule has 1 aromatic rings. The minimum atomic E-state index is -0.0904. The lowest BCUT2D eigenvalue weighted by atomic mass is 9.69. The molecule has 3 nitrogen and oxygen atoms in total. The lowest BCUT2D eigenvalue weighted by Crippen LogP contribution is -2.58. The van der Waals surface area contributed by atoms with Crippen LogP contribution in [0.2, 0.25) is 0 Å². The summed E-state index contributed by atoms with van der Waals surface area (Å²) in [5.41, 5.74) is 1.63. The van der Waals surface area contributed by atoms with E-state index in [9.17, 15) is 5.11 Å². The normalized spacial score (nSPS) is 26.1. The summed E-state index contributed by atoms with van der Waals surface area (Å²) >= 11 is 0. The summed E-state index contributed by atoms with van der Waals surface area (Å²) in [6.45, 7) is 2.02. The van der Waals surface area contributed by atoms with E-state index >= 15 is 0 Å². The second kappa shape index (κ2) is 5.14. The number of aliphatic hydroxyl groups is 1. The van der Waals surface area contributed by atoms with E-state index in [1.807, 2.05) is 12.1 Å². The van der Waals surface area contributed by atoms with Gasteiger partial charge in [-0.1, -0.05) is 12.1 Å². The average Bonchev–Trinajstić information content (AvgIpc) is 2.40. The topological polar surface area (TPSA) is 32.7 Å². The molecule has 1 saturated carbocycles. The Kier molecular flexibility index (Phi) is 3.50. The Morgan fingerprint density at radius 3 is 2.63 bits per heavy atom. The summed E-state index contributed by atoms with van der Waals surface area (Å²) in [6, 6.07) is 8.36. The Balaban J connectivity index is 1.70. The molecular weight excluding hydrogens is 238 g/mol. The highest BCUT2D eigenvalue weighted by Crippen LogP contribution is 2.45. The molecule has 1 aromatic carbocycles. The van der Waals surface area contributed by atoms with E-state index in [1.165, 1.54) is 24.8 Å². The second-order valence-electron chi connectivity index (χ2n) is 5.99. The molecule has 104 valence electrons. The molecule has 0 radical (unpaired) electrons. The van der Waals surface area contributed by atoms with Crippen molar-refractivity contribution in [2.24, 2.45) is 0 Å². The van der Waals surface area contributed by atoms with Crippen LogP contribution in [0.1, 0.15) is 37.7 Å². The molecule has 2 aliphatic rings. The van der Waals surface area contributed by atoms with Gasteiger partial charge in [-0.15, -0.1) is 0 Å². The molecule has 1 heterocycles. The monoisotopic (exact) mass is 261 g/mol. The quantitative estimate of drug-likeness (QED) is 0.907. The third-order valence-electron chi connectivity index (χ3n) is 4.84. The molecule has 0 bridgehead atoms. The molecule has 3 rings (SSSR count). The van der Waals surface area contributed by atoms with Crippen LogP contribution in [0.4, 0.5) is 0 Å². The van der Waals surface area contributed by atoms with Gasteiger partial charge in [-0.2, -0.15) is 0 Å². The predicted molar refractivity (Wildman–Crippen MR) is 75.2 cm³/mol. The van der Waals surface area contributed by atoms with Gasteiger partial charge in [-0.05, 0) is 49.8 Å². The lowest BCUT2D eigenvalue weighted by Gasteiger charge is -2.54. The van der Waals surface area contributed by atoms with Crippen LogP contribution in [0.5, 0.6) is 5.75 Å². The fraction of sp³-hybridized carbons (Fsp3) is 0.625. The van der Waals surface area contributed by atoms with Crippen LogP contribution in [0.25, 0.3) is 0 Å². The van der Waals surface area contributed by atoms with Crippen molar-refractivity contribution < 1.29 is 9.84 Å². The molecule has 0 amide bonds. The molecule has 1 N–H and O–H groups in total. The van der Waals surface area contributed by atoms with E-state index in [4.69, 9.17) is 4.74 Å². The van der Waals surface area contributed by atoms with Crippen LogP contribution < -0.4 is 4.74 Å². The van der Waals surface area contributed by atoms with Crippen LogP contribution in [-0.2, 0) is 6.54 Å². The van der Waals surface area contributed by atoms with Gasteiger partial charge in [0.1, 0.15) is 5.75 Å². The Bertz CT molecular complexity index is 425. The lowest BCUT2D eigenvalue weighted by molar-refractivity contribution is -0.0702.